The molecular formula is C19H23N3O2. The van der Waals surface area contributed by atoms with Gasteiger partial charge in [-0.3, -0.25) is 15.0 Å². The van der Waals surface area contributed by atoms with Crippen LogP contribution in [-0.2, 0) is 16.0 Å². The maximum Gasteiger partial charge on any atom is 0.242 e. The first-order chi connectivity index (χ1) is 11.3. The van der Waals surface area contributed by atoms with E-state index in [2.05, 4.69) is 29.7 Å². The number of nitrogens with one attached hydrogen (secondary N) is 3. The fraction of sp³-hybridized carbons (Fsp3) is 0.368. The van der Waals surface area contributed by atoms with E-state index < -0.39 is 0 Å². The molecule has 3 N–H and O–H groups in total. The molecule has 1 aliphatic carbocycles. The molecular weight excluding hydrogens is 302 g/mol. The summed E-state index contributed by atoms with van der Waals surface area (Å²) < 4.78 is 0. The lowest BCUT2D eigenvalue weighted by molar-refractivity contribution is -0.121. The van der Waals surface area contributed by atoms with E-state index >= 15 is 0 Å². The first-order valence-electron chi connectivity index (χ1n) is 8.18. The number of hydrogen-bond acceptors (Lipinski definition) is 3. The van der Waals surface area contributed by atoms with E-state index in [-0.39, 0.29) is 23.5 Å². The largest absolute Gasteiger partial charge is 0.358 e. The Hall–Kier alpha value is -2.56. The summed E-state index contributed by atoms with van der Waals surface area (Å²) in [6.07, 6.45) is 3.15. The second kappa shape index (κ2) is 6.15. The van der Waals surface area contributed by atoms with Gasteiger partial charge in [0.25, 0.3) is 0 Å². The van der Waals surface area contributed by atoms with Crippen molar-refractivity contribution in [1.29, 1.82) is 0 Å². The highest BCUT2D eigenvalue weighted by molar-refractivity contribution is 5.92. The molecule has 0 atom stereocenters. The summed E-state index contributed by atoms with van der Waals surface area (Å²) in [6, 6.07) is 7.95. The predicted molar refractivity (Wildman–Crippen MR) is 94.1 cm³/mol. The van der Waals surface area contributed by atoms with Crippen LogP contribution in [0.2, 0.25) is 0 Å². The van der Waals surface area contributed by atoms with Gasteiger partial charge < -0.3 is 10.4 Å². The number of carbonyl (C=O) groups is 2. The van der Waals surface area contributed by atoms with Crippen molar-refractivity contribution < 1.29 is 9.59 Å². The number of H-pyrrole nitrogens is 1. The third-order valence-electron chi connectivity index (χ3n) is 4.38. The van der Waals surface area contributed by atoms with Gasteiger partial charge in [-0.1, -0.05) is 32.0 Å². The summed E-state index contributed by atoms with van der Waals surface area (Å²) >= 11 is 0. The molecule has 5 heteroatoms. The van der Waals surface area contributed by atoms with Crippen molar-refractivity contribution >= 4 is 22.6 Å². The number of aromatic nitrogens is 1. The number of rotatable bonds is 4. The Balaban J connectivity index is 1.66. The van der Waals surface area contributed by atoms with E-state index in [1.54, 1.807) is 6.08 Å². The number of carbonyl (C=O) groups excluding carboxylic acids is 2. The van der Waals surface area contributed by atoms with Crippen molar-refractivity contribution in [2.24, 2.45) is 5.41 Å². The second-order valence-electron chi connectivity index (χ2n) is 7.28. The average molecular weight is 325 g/mol. The molecule has 0 bridgehead atoms. The molecule has 1 aliphatic rings. The summed E-state index contributed by atoms with van der Waals surface area (Å²) in [5.74, 6) is -0.0324. The monoisotopic (exact) mass is 325 g/mol. The first kappa shape index (κ1) is 16.3. The van der Waals surface area contributed by atoms with Gasteiger partial charge in [-0.25, -0.2) is 0 Å². The molecule has 0 unspecified atom stereocenters. The lowest BCUT2D eigenvalue weighted by Crippen LogP contribution is -2.40. The van der Waals surface area contributed by atoms with Crippen LogP contribution in [0.25, 0.3) is 10.9 Å². The topological polar surface area (TPSA) is 74.0 Å². The summed E-state index contributed by atoms with van der Waals surface area (Å²) in [5.41, 5.74) is 9.36. The molecule has 1 aromatic carbocycles. The summed E-state index contributed by atoms with van der Waals surface area (Å²) in [4.78, 5) is 27.3. The van der Waals surface area contributed by atoms with E-state index in [1.807, 2.05) is 31.2 Å². The maximum absolute atomic E-state index is 12.3. The number of hydrazine groups is 1. The normalized spacial score (nSPS) is 16.8. The molecule has 3 rings (SSSR count). The van der Waals surface area contributed by atoms with Crippen LogP contribution in [0.1, 0.15) is 37.9 Å². The van der Waals surface area contributed by atoms with Crippen molar-refractivity contribution in [3.8, 4) is 0 Å². The number of fused-ring (bicyclic) bond motifs is 1. The van der Waals surface area contributed by atoms with Crippen LogP contribution in [0.5, 0.6) is 0 Å². The minimum Gasteiger partial charge on any atom is -0.358 e. The Kier molecular flexibility index (Phi) is 4.18. The van der Waals surface area contributed by atoms with Crippen LogP contribution >= 0.6 is 0 Å². The second-order valence-corrected chi connectivity index (χ2v) is 7.28. The molecule has 2 aromatic rings. The Morgan fingerprint density at radius 3 is 2.75 bits per heavy atom. The number of para-hydroxylation sites is 1. The molecule has 0 fully saturated rings. The van der Waals surface area contributed by atoms with Crippen molar-refractivity contribution in [2.45, 2.75) is 40.0 Å². The van der Waals surface area contributed by atoms with Crippen LogP contribution in [0.15, 0.2) is 36.0 Å². The van der Waals surface area contributed by atoms with Crippen LogP contribution in [0.3, 0.4) is 0 Å². The molecule has 1 amide bonds. The SMILES string of the molecule is Cc1[nH]c2ccccc2c1CC(=O)NNC1=CC(=O)CC(C)(C)C1. The van der Waals surface area contributed by atoms with Crippen LogP contribution in [0, 0.1) is 12.3 Å². The first-order valence-corrected chi connectivity index (χ1v) is 8.18. The zero-order chi connectivity index (χ0) is 17.3. The number of hydrogen-bond donors (Lipinski definition) is 3. The zero-order valence-corrected chi connectivity index (χ0v) is 14.3. The van der Waals surface area contributed by atoms with Crippen molar-refractivity contribution in [2.75, 3.05) is 0 Å². The van der Waals surface area contributed by atoms with Gasteiger partial charge in [0, 0.05) is 34.8 Å². The van der Waals surface area contributed by atoms with Gasteiger partial charge in [-0.2, -0.15) is 0 Å². The number of benzene rings is 1. The van der Waals surface area contributed by atoms with E-state index in [4.69, 9.17) is 0 Å². The molecule has 126 valence electrons. The number of allylic oxidation sites excluding steroid dienone is 2. The number of aryl methyl sites for hydroxylation is 1. The highest BCUT2D eigenvalue weighted by atomic mass is 16.2. The highest BCUT2D eigenvalue weighted by Gasteiger charge is 2.27. The molecule has 24 heavy (non-hydrogen) atoms. The minimum atomic E-state index is -0.125. The van der Waals surface area contributed by atoms with E-state index in [0.717, 1.165) is 34.3 Å². The standard InChI is InChI=1S/C19H23N3O2/c1-12-16(15-6-4-5-7-17(15)20-12)9-18(24)22-21-13-8-14(23)11-19(2,3)10-13/h4-8,20-21H,9-11H2,1-3H3,(H,22,24). The lowest BCUT2D eigenvalue weighted by Gasteiger charge is -2.29. The predicted octanol–water partition coefficient (Wildman–Crippen LogP) is 2.91. The third kappa shape index (κ3) is 3.50. The van der Waals surface area contributed by atoms with Crippen LogP contribution < -0.4 is 10.9 Å². The molecule has 0 aliphatic heterocycles. The minimum absolute atomic E-state index is 0.0771. The van der Waals surface area contributed by atoms with Gasteiger partial charge in [0.2, 0.25) is 5.91 Å². The van der Waals surface area contributed by atoms with Gasteiger partial charge in [-0.15, -0.1) is 0 Å². The number of ketones is 1. The Labute approximate surface area is 141 Å². The molecule has 0 saturated carbocycles. The van der Waals surface area contributed by atoms with Crippen LogP contribution in [-0.4, -0.2) is 16.7 Å². The smallest absolute Gasteiger partial charge is 0.242 e. The molecule has 5 nitrogen and oxygen atoms in total. The van der Waals surface area contributed by atoms with Gasteiger partial charge in [0.15, 0.2) is 5.78 Å². The third-order valence-corrected chi connectivity index (χ3v) is 4.38. The van der Waals surface area contributed by atoms with Gasteiger partial charge in [0.1, 0.15) is 0 Å². The van der Waals surface area contributed by atoms with Crippen molar-refractivity contribution in [3.63, 3.8) is 0 Å². The van der Waals surface area contributed by atoms with Gasteiger partial charge in [0.05, 0.1) is 6.42 Å². The summed E-state index contributed by atoms with van der Waals surface area (Å²) in [7, 11) is 0. The Bertz CT molecular complexity index is 830. The van der Waals surface area contributed by atoms with E-state index in [0.29, 0.717) is 6.42 Å². The Morgan fingerprint density at radius 2 is 2.00 bits per heavy atom. The zero-order valence-electron chi connectivity index (χ0n) is 14.3. The quantitative estimate of drug-likeness (QED) is 0.757. The van der Waals surface area contributed by atoms with E-state index in [9.17, 15) is 9.59 Å². The Morgan fingerprint density at radius 1 is 1.25 bits per heavy atom. The van der Waals surface area contributed by atoms with Crippen molar-refractivity contribution in [3.05, 3.63) is 47.3 Å². The molecule has 0 radical (unpaired) electrons. The number of aromatic amines is 1. The molecule has 0 saturated heterocycles. The van der Waals surface area contributed by atoms with Gasteiger partial charge in [-0.05, 0) is 30.4 Å². The fourth-order valence-corrected chi connectivity index (χ4v) is 3.34. The van der Waals surface area contributed by atoms with E-state index in [1.165, 1.54) is 0 Å². The molecule has 0 spiro atoms. The van der Waals surface area contributed by atoms with Crippen molar-refractivity contribution in [1.82, 2.24) is 15.8 Å². The van der Waals surface area contributed by atoms with Crippen LogP contribution in [0.4, 0.5) is 0 Å². The lowest BCUT2D eigenvalue weighted by atomic mass is 9.79. The number of amides is 1. The molecule has 1 aromatic heterocycles. The highest BCUT2D eigenvalue weighted by Crippen LogP contribution is 2.32. The van der Waals surface area contributed by atoms with Gasteiger partial charge >= 0.3 is 0 Å². The summed E-state index contributed by atoms with van der Waals surface area (Å²) in [5, 5.41) is 1.07. The maximum atomic E-state index is 12.3. The average Bonchev–Trinajstić information content (AvgIpc) is 2.79. The molecule has 1 heterocycles. The fourth-order valence-electron chi connectivity index (χ4n) is 3.34. The summed E-state index contributed by atoms with van der Waals surface area (Å²) in [6.45, 7) is 6.08.